The first-order valence-corrected chi connectivity index (χ1v) is 9.47. The van der Waals surface area contributed by atoms with Gasteiger partial charge in [-0.05, 0) is 31.0 Å². The van der Waals surface area contributed by atoms with Crippen molar-refractivity contribution in [2.75, 3.05) is 13.1 Å². The molecule has 0 saturated heterocycles. The highest BCUT2D eigenvalue weighted by molar-refractivity contribution is 5.78. The molecule has 3 rings (SSSR count). The summed E-state index contributed by atoms with van der Waals surface area (Å²) in [5, 5.41) is 4.04. The fourth-order valence-electron chi connectivity index (χ4n) is 2.93. The number of hydrogen-bond donors (Lipinski definition) is 0. The van der Waals surface area contributed by atoms with E-state index in [4.69, 9.17) is 4.52 Å². The van der Waals surface area contributed by atoms with Crippen LogP contribution in [0.4, 0.5) is 4.39 Å². The molecule has 0 unspecified atom stereocenters. The third-order valence-corrected chi connectivity index (χ3v) is 4.49. The summed E-state index contributed by atoms with van der Waals surface area (Å²) in [5.74, 6) is 0.759. The smallest absolute Gasteiger partial charge is 0.228 e. The Bertz CT molecular complexity index is 904. The SMILES string of the molecule is CCCN(CCc1nc(-c2ccc(C)cc2)no1)C(=O)Cc1ccc(F)cc1. The van der Waals surface area contributed by atoms with Gasteiger partial charge in [0.15, 0.2) is 0 Å². The Morgan fingerprint density at radius 2 is 1.79 bits per heavy atom. The van der Waals surface area contributed by atoms with E-state index in [2.05, 4.69) is 10.1 Å². The van der Waals surface area contributed by atoms with Crippen LogP contribution in [0.2, 0.25) is 0 Å². The highest BCUT2D eigenvalue weighted by Crippen LogP contribution is 2.16. The molecule has 0 aliphatic carbocycles. The Hall–Kier alpha value is -3.02. The minimum Gasteiger partial charge on any atom is -0.342 e. The van der Waals surface area contributed by atoms with Crippen LogP contribution >= 0.6 is 0 Å². The maximum atomic E-state index is 13.0. The van der Waals surface area contributed by atoms with Gasteiger partial charge in [-0.15, -0.1) is 0 Å². The first-order valence-electron chi connectivity index (χ1n) is 9.47. The average Bonchev–Trinajstić information content (AvgIpc) is 3.16. The highest BCUT2D eigenvalue weighted by Gasteiger charge is 2.16. The molecule has 6 heteroatoms. The molecule has 0 fully saturated rings. The first kappa shape index (κ1) is 19.7. The van der Waals surface area contributed by atoms with E-state index >= 15 is 0 Å². The number of benzene rings is 2. The lowest BCUT2D eigenvalue weighted by Crippen LogP contribution is -2.34. The van der Waals surface area contributed by atoms with Gasteiger partial charge in [-0.2, -0.15) is 4.98 Å². The summed E-state index contributed by atoms with van der Waals surface area (Å²) < 4.78 is 18.4. The summed E-state index contributed by atoms with van der Waals surface area (Å²) in [6.45, 7) is 5.21. The number of nitrogens with zero attached hydrogens (tertiary/aromatic N) is 3. The normalized spacial score (nSPS) is 10.8. The molecule has 1 amide bonds. The van der Waals surface area contributed by atoms with Crippen molar-refractivity contribution < 1.29 is 13.7 Å². The Kier molecular flexibility index (Phi) is 6.53. The molecule has 1 heterocycles. The Balaban J connectivity index is 1.60. The van der Waals surface area contributed by atoms with E-state index in [1.807, 2.05) is 38.1 Å². The third-order valence-electron chi connectivity index (χ3n) is 4.49. The predicted octanol–water partition coefficient (Wildman–Crippen LogP) is 4.21. The third kappa shape index (κ3) is 5.25. The lowest BCUT2D eigenvalue weighted by molar-refractivity contribution is -0.130. The van der Waals surface area contributed by atoms with Crippen LogP contribution in [-0.4, -0.2) is 34.0 Å². The summed E-state index contributed by atoms with van der Waals surface area (Å²) in [4.78, 5) is 18.9. The molecule has 28 heavy (non-hydrogen) atoms. The maximum Gasteiger partial charge on any atom is 0.228 e. The van der Waals surface area contributed by atoms with E-state index in [0.717, 1.165) is 17.5 Å². The second-order valence-corrected chi connectivity index (χ2v) is 6.81. The molecule has 2 aromatic carbocycles. The molecule has 0 bridgehead atoms. The minimum absolute atomic E-state index is 0.00623. The molecule has 1 aromatic heterocycles. The molecular formula is C22H24FN3O2. The Morgan fingerprint density at radius 1 is 1.07 bits per heavy atom. The van der Waals surface area contributed by atoms with Crippen LogP contribution in [0.25, 0.3) is 11.4 Å². The van der Waals surface area contributed by atoms with E-state index in [9.17, 15) is 9.18 Å². The molecule has 0 aliphatic heterocycles. The van der Waals surface area contributed by atoms with Gasteiger partial charge in [-0.3, -0.25) is 4.79 Å². The second-order valence-electron chi connectivity index (χ2n) is 6.81. The fourth-order valence-corrected chi connectivity index (χ4v) is 2.93. The average molecular weight is 381 g/mol. The summed E-state index contributed by atoms with van der Waals surface area (Å²) in [6, 6.07) is 14.0. The van der Waals surface area contributed by atoms with Crippen molar-refractivity contribution in [2.45, 2.75) is 33.1 Å². The molecule has 0 aliphatic rings. The number of hydrogen-bond acceptors (Lipinski definition) is 4. The monoisotopic (exact) mass is 381 g/mol. The fraction of sp³-hybridized carbons (Fsp3) is 0.318. The number of carbonyl (C=O) groups excluding carboxylic acids is 1. The quantitative estimate of drug-likeness (QED) is 0.587. The largest absolute Gasteiger partial charge is 0.342 e. The van der Waals surface area contributed by atoms with Gasteiger partial charge in [0.1, 0.15) is 5.82 Å². The van der Waals surface area contributed by atoms with E-state index in [0.29, 0.717) is 31.2 Å². The number of amides is 1. The molecule has 146 valence electrons. The van der Waals surface area contributed by atoms with Crippen LogP contribution in [0.1, 0.15) is 30.4 Å². The van der Waals surface area contributed by atoms with Crippen LogP contribution in [0.5, 0.6) is 0 Å². The van der Waals surface area contributed by atoms with Crippen molar-refractivity contribution in [1.82, 2.24) is 15.0 Å². The van der Waals surface area contributed by atoms with Gasteiger partial charge >= 0.3 is 0 Å². The standard InChI is InChI=1S/C22H24FN3O2/c1-3-13-26(21(27)15-17-6-10-19(23)11-7-17)14-12-20-24-22(25-28-20)18-8-4-16(2)5-9-18/h4-11H,3,12-15H2,1-2H3. The first-order chi connectivity index (χ1) is 13.5. The molecule has 0 N–H and O–H groups in total. The van der Waals surface area contributed by atoms with Crippen molar-refractivity contribution in [3.05, 3.63) is 71.4 Å². The maximum absolute atomic E-state index is 13.0. The molecule has 3 aromatic rings. The zero-order valence-corrected chi connectivity index (χ0v) is 16.2. The summed E-state index contributed by atoms with van der Waals surface area (Å²) >= 11 is 0. The molecule has 5 nitrogen and oxygen atoms in total. The van der Waals surface area contributed by atoms with Crippen LogP contribution in [-0.2, 0) is 17.6 Å². The van der Waals surface area contributed by atoms with Crippen molar-refractivity contribution in [3.8, 4) is 11.4 Å². The van der Waals surface area contributed by atoms with Gasteiger partial charge in [0, 0.05) is 25.1 Å². The van der Waals surface area contributed by atoms with Crippen LogP contribution in [0.15, 0.2) is 53.1 Å². The van der Waals surface area contributed by atoms with Gasteiger partial charge in [0.25, 0.3) is 0 Å². The van der Waals surface area contributed by atoms with E-state index in [-0.39, 0.29) is 18.1 Å². The molecular weight excluding hydrogens is 357 g/mol. The van der Waals surface area contributed by atoms with Crippen LogP contribution in [0, 0.1) is 12.7 Å². The summed E-state index contributed by atoms with van der Waals surface area (Å²) in [5.41, 5.74) is 2.87. The van der Waals surface area contributed by atoms with E-state index < -0.39 is 0 Å². The summed E-state index contributed by atoms with van der Waals surface area (Å²) in [6.07, 6.45) is 1.60. The molecule has 0 spiro atoms. The van der Waals surface area contributed by atoms with Gasteiger partial charge in [0.2, 0.25) is 17.6 Å². The summed E-state index contributed by atoms with van der Waals surface area (Å²) in [7, 11) is 0. The van der Waals surface area contributed by atoms with Gasteiger partial charge in [-0.25, -0.2) is 4.39 Å². The second kappa shape index (κ2) is 9.26. The van der Waals surface area contributed by atoms with E-state index in [1.165, 1.54) is 17.7 Å². The van der Waals surface area contributed by atoms with Crippen molar-refractivity contribution in [2.24, 2.45) is 0 Å². The predicted molar refractivity (Wildman–Crippen MR) is 105 cm³/mol. The molecule has 0 saturated carbocycles. The van der Waals surface area contributed by atoms with Crippen molar-refractivity contribution in [3.63, 3.8) is 0 Å². The van der Waals surface area contributed by atoms with Crippen LogP contribution in [0.3, 0.4) is 0 Å². The van der Waals surface area contributed by atoms with Gasteiger partial charge < -0.3 is 9.42 Å². The lowest BCUT2D eigenvalue weighted by Gasteiger charge is -2.21. The Labute approximate surface area is 164 Å². The number of halogens is 1. The van der Waals surface area contributed by atoms with Gasteiger partial charge in [0.05, 0.1) is 6.42 Å². The number of aryl methyl sites for hydroxylation is 1. The number of rotatable bonds is 8. The number of aromatic nitrogens is 2. The van der Waals surface area contributed by atoms with Crippen molar-refractivity contribution >= 4 is 5.91 Å². The minimum atomic E-state index is -0.303. The zero-order valence-electron chi connectivity index (χ0n) is 16.2. The topological polar surface area (TPSA) is 59.2 Å². The van der Waals surface area contributed by atoms with Crippen molar-refractivity contribution in [1.29, 1.82) is 0 Å². The van der Waals surface area contributed by atoms with Gasteiger partial charge in [-0.1, -0.05) is 54.0 Å². The molecule has 0 atom stereocenters. The van der Waals surface area contributed by atoms with E-state index in [1.54, 1.807) is 17.0 Å². The molecule has 0 radical (unpaired) electrons. The van der Waals surface area contributed by atoms with Crippen LogP contribution < -0.4 is 0 Å². The number of carbonyl (C=O) groups is 1. The lowest BCUT2D eigenvalue weighted by atomic mass is 10.1. The zero-order chi connectivity index (χ0) is 19.9. The Morgan fingerprint density at radius 3 is 2.46 bits per heavy atom. The highest BCUT2D eigenvalue weighted by atomic mass is 19.1.